The first-order chi connectivity index (χ1) is 12.5. The Labute approximate surface area is 149 Å². The van der Waals surface area contributed by atoms with E-state index in [1.54, 1.807) is 37.3 Å². The maximum atomic E-state index is 13.4. The summed E-state index contributed by atoms with van der Waals surface area (Å²) in [6.07, 6.45) is 0.533. The molecular weight excluding hydrogens is 338 g/mol. The lowest BCUT2D eigenvalue weighted by atomic mass is 10.1. The SMILES string of the molecule is Cc1nc2cc(F)ccc2cc1C(=O)NCCCOc1ccccc1F. The molecule has 6 heteroatoms. The molecule has 3 rings (SSSR count). The molecule has 1 amide bonds. The van der Waals surface area contributed by atoms with E-state index in [9.17, 15) is 13.6 Å². The standard InChI is InChI=1S/C20H18F2N2O2/c1-13-16(11-14-7-8-15(21)12-18(14)24-13)20(25)23-9-4-10-26-19-6-3-2-5-17(19)22/h2-3,5-8,11-12H,4,9-10H2,1H3,(H,23,25). The number of aromatic nitrogens is 1. The fraction of sp³-hybridized carbons (Fsp3) is 0.200. The van der Waals surface area contributed by atoms with Gasteiger partial charge in [-0.3, -0.25) is 9.78 Å². The molecule has 0 saturated carbocycles. The second-order valence-corrected chi connectivity index (χ2v) is 5.85. The summed E-state index contributed by atoms with van der Waals surface area (Å²) in [5, 5.41) is 3.49. The van der Waals surface area contributed by atoms with Crippen LogP contribution in [0.4, 0.5) is 8.78 Å². The molecule has 0 radical (unpaired) electrons. The highest BCUT2D eigenvalue weighted by atomic mass is 19.1. The molecule has 0 bridgehead atoms. The van der Waals surface area contributed by atoms with Crippen LogP contribution >= 0.6 is 0 Å². The zero-order valence-corrected chi connectivity index (χ0v) is 14.3. The molecule has 26 heavy (non-hydrogen) atoms. The van der Waals surface area contributed by atoms with Crippen molar-refractivity contribution < 1.29 is 18.3 Å². The summed E-state index contributed by atoms with van der Waals surface area (Å²) >= 11 is 0. The maximum Gasteiger partial charge on any atom is 0.253 e. The van der Waals surface area contributed by atoms with E-state index in [-0.39, 0.29) is 24.1 Å². The first-order valence-electron chi connectivity index (χ1n) is 8.27. The number of halogens is 2. The smallest absolute Gasteiger partial charge is 0.253 e. The molecule has 1 N–H and O–H groups in total. The number of rotatable bonds is 6. The molecule has 2 aromatic carbocycles. The number of ether oxygens (including phenoxy) is 1. The van der Waals surface area contributed by atoms with Crippen LogP contribution in [0.15, 0.2) is 48.5 Å². The molecule has 134 valence electrons. The third-order valence-electron chi connectivity index (χ3n) is 3.92. The third-order valence-corrected chi connectivity index (χ3v) is 3.92. The predicted octanol–water partition coefficient (Wildman–Crippen LogP) is 4.02. The molecule has 4 nitrogen and oxygen atoms in total. The van der Waals surface area contributed by atoms with E-state index in [0.717, 1.165) is 0 Å². The van der Waals surface area contributed by atoms with E-state index in [2.05, 4.69) is 10.3 Å². The summed E-state index contributed by atoms with van der Waals surface area (Å²) in [6.45, 7) is 2.38. The Balaban J connectivity index is 1.55. The maximum absolute atomic E-state index is 13.4. The number of carbonyl (C=O) groups is 1. The van der Waals surface area contributed by atoms with Crippen LogP contribution in [0.2, 0.25) is 0 Å². The van der Waals surface area contributed by atoms with Crippen molar-refractivity contribution in [2.24, 2.45) is 0 Å². The Hall–Kier alpha value is -3.02. The lowest BCUT2D eigenvalue weighted by molar-refractivity contribution is 0.0950. The molecule has 0 unspecified atom stereocenters. The Kier molecular flexibility index (Phi) is 5.41. The second kappa shape index (κ2) is 7.91. The molecule has 0 aliphatic carbocycles. The van der Waals surface area contributed by atoms with Gasteiger partial charge in [0, 0.05) is 18.0 Å². The predicted molar refractivity (Wildman–Crippen MR) is 95.3 cm³/mol. The number of carbonyl (C=O) groups excluding carboxylic acids is 1. The van der Waals surface area contributed by atoms with Crippen molar-refractivity contribution in [1.29, 1.82) is 0 Å². The first-order valence-corrected chi connectivity index (χ1v) is 8.27. The van der Waals surface area contributed by atoms with Gasteiger partial charge in [0.2, 0.25) is 0 Å². The van der Waals surface area contributed by atoms with E-state index >= 15 is 0 Å². The summed E-state index contributed by atoms with van der Waals surface area (Å²) in [6, 6.07) is 12.1. The Morgan fingerprint density at radius 2 is 1.96 bits per heavy atom. The van der Waals surface area contributed by atoms with Gasteiger partial charge in [-0.05, 0) is 43.7 Å². The summed E-state index contributed by atoms with van der Waals surface area (Å²) < 4.78 is 32.0. The Bertz CT molecular complexity index is 944. The molecule has 3 aromatic rings. The summed E-state index contributed by atoms with van der Waals surface area (Å²) in [7, 11) is 0. The highest BCUT2D eigenvalue weighted by Crippen LogP contribution is 2.18. The van der Waals surface area contributed by atoms with Gasteiger partial charge in [0.05, 0.1) is 23.4 Å². The minimum atomic E-state index is -0.411. The van der Waals surface area contributed by atoms with Gasteiger partial charge in [-0.25, -0.2) is 8.78 Å². The number of fused-ring (bicyclic) bond motifs is 1. The van der Waals surface area contributed by atoms with Crippen molar-refractivity contribution in [3.8, 4) is 5.75 Å². The van der Waals surface area contributed by atoms with Crippen molar-refractivity contribution in [2.75, 3.05) is 13.2 Å². The van der Waals surface area contributed by atoms with E-state index in [1.807, 2.05) is 0 Å². The number of hydrogen-bond acceptors (Lipinski definition) is 3. The van der Waals surface area contributed by atoms with E-state index in [4.69, 9.17) is 4.74 Å². The van der Waals surface area contributed by atoms with Crippen LogP contribution < -0.4 is 10.1 Å². The molecule has 0 atom stereocenters. The number of hydrogen-bond donors (Lipinski definition) is 1. The number of nitrogens with one attached hydrogen (secondary N) is 1. The monoisotopic (exact) mass is 356 g/mol. The van der Waals surface area contributed by atoms with Gasteiger partial charge < -0.3 is 10.1 Å². The second-order valence-electron chi connectivity index (χ2n) is 5.85. The fourth-order valence-electron chi connectivity index (χ4n) is 2.58. The summed E-state index contributed by atoms with van der Waals surface area (Å²) in [5.74, 6) is -0.838. The van der Waals surface area contributed by atoms with E-state index < -0.39 is 5.82 Å². The number of nitrogens with zero attached hydrogens (tertiary/aromatic N) is 1. The first kappa shape index (κ1) is 17.8. The molecule has 0 aliphatic heterocycles. The molecule has 0 aliphatic rings. The summed E-state index contributed by atoms with van der Waals surface area (Å²) in [5.41, 5.74) is 1.49. The van der Waals surface area contributed by atoms with Crippen LogP contribution in [0.5, 0.6) is 5.75 Å². The largest absolute Gasteiger partial charge is 0.490 e. The van der Waals surface area contributed by atoms with Crippen LogP contribution in [0.3, 0.4) is 0 Å². The number of amides is 1. The Morgan fingerprint density at radius 1 is 1.15 bits per heavy atom. The highest BCUT2D eigenvalue weighted by Gasteiger charge is 2.11. The van der Waals surface area contributed by atoms with Crippen molar-refractivity contribution in [3.63, 3.8) is 0 Å². The zero-order chi connectivity index (χ0) is 18.5. The minimum absolute atomic E-state index is 0.195. The molecule has 0 spiro atoms. The number of benzene rings is 2. The number of aryl methyl sites for hydroxylation is 1. The molecular formula is C20H18F2N2O2. The van der Waals surface area contributed by atoms with E-state index in [1.165, 1.54) is 18.2 Å². The van der Waals surface area contributed by atoms with Crippen molar-refractivity contribution in [2.45, 2.75) is 13.3 Å². The number of para-hydroxylation sites is 1. The molecule has 1 aromatic heterocycles. The Morgan fingerprint density at radius 3 is 2.77 bits per heavy atom. The lowest BCUT2D eigenvalue weighted by Gasteiger charge is -2.10. The topological polar surface area (TPSA) is 51.2 Å². The van der Waals surface area contributed by atoms with Crippen molar-refractivity contribution in [1.82, 2.24) is 10.3 Å². The quantitative estimate of drug-likeness (QED) is 0.679. The molecule has 1 heterocycles. The highest BCUT2D eigenvalue weighted by molar-refractivity contribution is 5.98. The summed E-state index contributed by atoms with van der Waals surface area (Å²) in [4.78, 5) is 16.6. The third kappa shape index (κ3) is 4.14. The van der Waals surface area contributed by atoms with Gasteiger partial charge >= 0.3 is 0 Å². The van der Waals surface area contributed by atoms with Crippen LogP contribution in [0, 0.1) is 18.6 Å². The van der Waals surface area contributed by atoms with Gasteiger partial charge in [0.1, 0.15) is 5.82 Å². The van der Waals surface area contributed by atoms with Crippen LogP contribution in [-0.2, 0) is 0 Å². The lowest BCUT2D eigenvalue weighted by Crippen LogP contribution is -2.26. The molecule has 0 saturated heterocycles. The van der Waals surface area contributed by atoms with E-state index in [0.29, 0.717) is 35.1 Å². The average molecular weight is 356 g/mol. The van der Waals surface area contributed by atoms with Crippen LogP contribution in [0.1, 0.15) is 22.5 Å². The normalized spacial score (nSPS) is 10.7. The fourth-order valence-corrected chi connectivity index (χ4v) is 2.58. The van der Waals surface area contributed by atoms with Crippen LogP contribution in [-0.4, -0.2) is 24.0 Å². The number of pyridine rings is 1. The van der Waals surface area contributed by atoms with Crippen molar-refractivity contribution in [3.05, 3.63) is 71.4 Å². The average Bonchev–Trinajstić information content (AvgIpc) is 2.62. The van der Waals surface area contributed by atoms with Crippen molar-refractivity contribution >= 4 is 16.8 Å². The van der Waals surface area contributed by atoms with Gasteiger partial charge in [-0.1, -0.05) is 12.1 Å². The van der Waals surface area contributed by atoms with Gasteiger partial charge in [-0.2, -0.15) is 0 Å². The minimum Gasteiger partial charge on any atom is -0.490 e. The zero-order valence-electron chi connectivity index (χ0n) is 14.3. The van der Waals surface area contributed by atoms with Gasteiger partial charge in [0.25, 0.3) is 5.91 Å². The van der Waals surface area contributed by atoms with Gasteiger partial charge in [0.15, 0.2) is 11.6 Å². The van der Waals surface area contributed by atoms with Gasteiger partial charge in [-0.15, -0.1) is 0 Å². The molecule has 0 fully saturated rings. The van der Waals surface area contributed by atoms with Crippen LogP contribution in [0.25, 0.3) is 10.9 Å².